The predicted molar refractivity (Wildman–Crippen MR) is 82.2 cm³/mol. The molecule has 1 heterocycles. The fraction of sp³-hybridized carbons (Fsp3) is 0.357. The summed E-state index contributed by atoms with van der Waals surface area (Å²) in [6, 6.07) is 7.27. The monoisotopic (exact) mass is 323 g/mol. The Balaban J connectivity index is 2.02. The van der Waals surface area contributed by atoms with E-state index in [9.17, 15) is 9.59 Å². The van der Waals surface area contributed by atoms with Crippen molar-refractivity contribution in [2.45, 2.75) is 23.0 Å². The van der Waals surface area contributed by atoms with Gasteiger partial charge in [0.05, 0.1) is 23.4 Å². The number of benzene rings is 1. The molecule has 0 aromatic heterocycles. The number of thioether (sulfide) groups is 1. The number of hydrogen-bond donors (Lipinski definition) is 1. The summed E-state index contributed by atoms with van der Waals surface area (Å²) in [6.07, 6.45) is 0.397. The van der Waals surface area contributed by atoms with Crippen molar-refractivity contribution in [3.63, 3.8) is 0 Å². The van der Waals surface area contributed by atoms with E-state index in [1.54, 1.807) is 19.2 Å². The van der Waals surface area contributed by atoms with Crippen LogP contribution in [0.3, 0.4) is 0 Å². The average molecular weight is 324 g/mol. The van der Waals surface area contributed by atoms with Crippen LogP contribution in [0.4, 0.5) is 5.69 Å². The van der Waals surface area contributed by atoms with Crippen molar-refractivity contribution in [2.24, 2.45) is 0 Å². The third-order valence-corrected chi connectivity index (χ3v) is 4.62. The number of carbonyl (C=O) groups is 2. The first-order valence-electron chi connectivity index (χ1n) is 6.39. The molecule has 110 valence electrons. The molecule has 1 aromatic carbocycles. The summed E-state index contributed by atoms with van der Waals surface area (Å²) in [5.74, 6) is -0.341. The molecule has 0 spiro atoms. The molecule has 1 aliphatic heterocycles. The van der Waals surface area contributed by atoms with Crippen LogP contribution in [-0.4, -0.2) is 35.6 Å². The number of amides is 2. The van der Waals surface area contributed by atoms with Gasteiger partial charge >= 0.3 is 0 Å². The minimum absolute atomic E-state index is 0.112. The maximum absolute atomic E-state index is 12.0. The van der Waals surface area contributed by atoms with Crippen LogP contribution in [-0.2, 0) is 9.59 Å². The van der Waals surface area contributed by atoms with Crippen molar-refractivity contribution in [2.75, 3.05) is 18.9 Å². The summed E-state index contributed by atoms with van der Waals surface area (Å²) in [4.78, 5) is 26.5. The van der Waals surface area contributed by atoms with Crippen molar-refractivity contribution < 1.29 is 9.59 Å². The van der Waals surface area contributed by atoms with Gasteiger partial charge in [0.15, 0.2) is 0 Å². The van der Waals surface area contributed by atoms with E-state index in [0.717, 1.165) is 4.90 Å². The molecule has 7 heteroatoms. The second-order valence-corrected chi connectivity index (χ2v) is 6.34. The second kappa shape index (κ2) is 6.83. The Kier molecular flexibility index (Phi) is 5.10. The average Bonchev–Trinajstić information content (AvgIpc) is 2.45. The predicted octanol–water partition coefficient (Wildman–Crippen LogP) is 2.51. The number of anilines is 1. The van der Waals surface area contributed by atoms with E-state index in [1.807, 2.05) is 12.1 Å². The van der Waals surface area contributed by atoms with Crippen LogP contribution < -0.4 is 5.32 Å². The molecule has 2 amide bonds. The smallest absolute Gasteiger partial charge is 0.238 e. The van der Waals surface area contributed by atoms with Crippen LogP contribution in [0, 0.1) is 11.3 Å². The van der Waals surface area contributed by atoms with Crippen LogP contribution in [0.25, 0.3) is 0 Å². The molecular weight excluding hydrogens is 310 g/mol. The Bertz CT molecular complexity index is 615. The van der Waals surface area contributed by atoms with Gasteiger partial charge in [0, 0.05) is 29.9 Å². The highest BCUT2D eigenvalue weighted by Crippen LogP contribution is 2.38. The molecule has 1 unspecified atom stereocenters. The standard InChI is InChI=1S/C14H14ClN3O2S/c1-18(6-2-5-16)13(19)8-12-14(20)17-10-7-9(15)3-4-11(10)21-12/h3-4,7,12H,2,6,8H2,1H3,(H,17,20). The number of nitriles is 1. The molecule has 5 nitrogen and oxygen atoms in total. The molecule has 1 aromatic rings. The number of rotatable bonds is 4. The molecular formula is C14H14ClN3O2S. The number of carbonyl (C=O) groups excluding carboxylic acids is 2. The Hall–Kier alpha value is -1.71. The summed E-state index contributed by atoms with van der Waals surface area (Å²) in [7, 11) is 1.64. The third-order valence-electron chi connectivity index (χ3n) is 3.11. The van der Waals surface area contributed by atoms with Gasteiger partial charge in [0.1, 0.15) is 0 Å². The van der Waals surface area contributed by atoms with E-state index in [2.05, 4.69) is 5.32 Å². The first-order valence-corrected chi connectivity index (χ1v) is 7.65. The van der Waals surface area contributed by atoms with E-state index in [0.29, 0.717) is 17.3 Å². The Morgan fingerprint density at radius 1 is 1.57 bits per heavy atom. The quantitative estimate of drug-likeness (QED) is 0.924. The molecule has 0 fully saturated rings. The van der Waals surface area contributed by atoms with Crippen LogP contribution >= 0.6 is 23.4 Å². The summed E-state index contributed by atoms with van der Waals surface area (Å²) >= 11 is 7.25. The summed E-state index contributed by atoms with van der Waals surface area (Å²) in [6.45, 7) is 0.376. The van der Waals surface area contributed by atoms with Gasteiger partial charge in [-0.2, -0.15) is 5.26 Å². The molecule has 1 aliphatic rings. The zero-order valence-electron chi connectivity index (χ0n) is 11.4. The van der Waals surface area contributed by atoms with Gasteiger partial charge in [-0.15, -0.1) is 11.8 Å². The van der Waals surface area contributed by atoms with Gasteiger partial charge in [-0.3, -0.25) is 9.59 Å². The molecule has 0 saturated carbocycles. The van der Waals surface area contributed by atoms with Crippen LogP contribution in [0.5, 0.6) is 0 Å². The molecule has 2 rings (SSSR count). The van der Waals surface area contributed by atoms with Crippen molar-refractivity contribution in [1.82, 2.24) is 4.90 Å². The maximum Gasteiger partial charge on any atom is 0.238 e. The van der Waals surface area contributed by atoms with Gasteiger partial charge in [-0.05, 0) is 18.2 Å². The highest BCUT2D eigenvalue weighted by molar-refractivity contribution is 8.01. The van der Waals surface area contributed by atoms with Gasteiger partial charge in [0.25, 0.3) is 0 Å². The van der Waals surface area contributed by atoms with Crippen molar-refractivity contribution in [1.29, 1.82) is 5.26 Å². The SMILES string of the molecule is CN(CCC#N)C(=O)CC1Sc2ccc(Cl)cc2NC1=O. The van der Waals surface area contributed by atoms with Gasteiger partial charge in [0.2, 0.25) is 11.8 Å². The summed E-state index contributed by atoms with van der Waals surface area (Å²) in [5.41, 5.74) is 0.680. The number of nitrogens with one attached hydrogen (secondary N) is 1. The fourth-order valence-electron chi connectivity index (χ4n) is 1.91. The zero-order chi connectivity index (χ0) is 15.4. The van der Waals surface area contributed by atoms with E-state index in [4.69, 9.17) is 16.9 Å². The maximum atomic E-state index is 12.0. The topological polar surface area (TPSA) is 73.2 Å². The minimum Gasteiger partial charge on any atom is -0.345 e. The summed E-state index contributed by atoms with van der Waals surface area (Å²) in [5, 5.41) is 11.4. The zero-order valence-corrected chi connectivity index (χ0v) is 13.0. The second-order valence-electron chi connectivity index (χ2n) is 4.66. The van der Waals surface area contributed by atoms with Crippen LogP contribution in [0.15, 0.2) is 23.1 Å². The Labute approximate surface area is 132 Å². The lowest BCUT2D eigenvalue weighted by Crippen LogP contribution is -2.36. The minimum atomic E-state index is -0.462. The van der Waals surface area contributed by atoms with Crippen LogP contribution in [0.2, 0.25) is 5.02 Å². The lowest BCUT2D eigenvalue weighted by molar-refractivity contribution is -0.131. The molecule has 1 N–H and O–H groups in total. The number of hydrogen-bond acceptors (Lipinski definition) is 4. The normalized spacial score (nSPS) is 16.6. The van der Waals surface area contributed by atoms with E-state index >= 15 is 0 Å². The van der Waals surface area contributed by atoms with E-state index in [-0.39, 0.29) is 24.7 Å². The first kappa shape index (κ1) is 15.7. The summed E-state index contributed by atoms with van der Waals surface area (Å²) < 4.78 is 0. The lowest BCUT2D eigenvalue weighted by Gasteiger charge is -2.25. The third kappa shape index (κ3) is 3.90. The fourth-order valence-corrected chi connectivity index (χ4v) is 3.17. The largest absolute Gasteiger partial charge is 0.345 e. The highest BCUT2D eigenvalue weighted by atomic mass is 35.5. The number of nitrogens with zero attached hydrogens (tertiary/aromatic N) is 2. The molecule has 0 saturated heterocycles. The number of halogens is 1. The molecule has 21 heavy (non-hydrogen) atoms. The van der Waals surface area contributed by atoms with Crippen molar-refractivity contribution in [3.05, 3.63) is 23.2 Å². The van der Waals surface area contributed by atoms with Crippen molar-refractivity contribution >= 4 is 40.9 Å². The Morgan fingerprint density at radius 3 is 3.05 bits per heavy atom. The molecule has 0 bridgehead atoms. The van der Waals surface area contributed by atoms with Gasteiger partial charge in [-0.1, -0.05) is 11.6 Å². The first-order chi connectivity index (χ1) is 10.0. The Morgan fingerprint density at radius 2 is 2.33 bits per heavy atom. The van der Waals surface area contributed by atoms with Crippen LogP contribution in [0.1, 0.15) is 12.8 Å². The number of fused-ring (bicyclic) bond motifs is 1. The molecule has 0 aliphatic carbocycles. The van der Waals surface area contributed by atoms with E-state index < -0.39 is 5.25 Å². The molecule has 1 atom stereocenters. The lowest BCUT2D eigenvalue weighted by atomic mass is 10.2. The van der Waals surface area contributed by atoms with Crippen molar-refractivity contribution in [3.8, 4) is 6.07 Å². The van der Waals surface area contributed by atoms with E-state index in [1.165, 1.54) is 16.7 Å². The van der Waals surface area contributed by atoms with Gasteiger partial charge in [-0.25, -0.2) is 0 Å². The highest BCUT2D eigenvalue weighted by Gasteiger charge is 2.29. The van der Waals surface area contributed by atoms with Gasteiger partial charge < -0.3 is 10.2 Å². The molecule has 0 radical (unpaired) electrons.